The van der Waals surface area contributed by atoms with E-state index in [2.05, 4.69) is 16.9 Å². The first-order valence-electron chi connectivity index (χ1n) is 14.0. The van der Waals surface area contributed by atoms with Crippen LogP contribution in [0.25, 0.3) is 11.4 Å². The Morgan fingerprint density at radius 2 is 1.55 bits per heavy atom. The lowest BCUT2D eigenvalue weighted by Gasteiger charge is -2.30. The molecule has 0 radical (unpaired) electrons. The van der Waals surface area contributed by atoms with E-state index in [1.807, 2.05) is 36.7 Å². The topological polar surface area (TPSA) is 89.4 Å². The molecule has 3 aromatic rings. The van der Waals surface area contributed by atoms with Crippen LogP contribution >= 0.6 is 0 Å². The zero-order valence-electron chi connectivity index (χ0n) is 22.3. The van der Waals surface area contributed by atoms with Crippen LogP contribution in [0.1, 0.15) is 97.9 Å². The molecule has 0 amide bonds. The van der Waals surface area contributed by atoms with Gasteiger partial charge in [-0.15, -0.1) is 0 Å². The number of benzene rings is 2. The standard InChI is InChI=1S/C32H38N2O4/c1-2-3-4-5-6-7-8-9-12-23-21-33-30(34-22-23)25-15-17-26(18-16-25)32(37)38-29-27-14-11-10-13-24(27)19-20-28(29)31(35)36/h10-11,13-18,21-22,28-29H,2-9,12,19-20H2,1H3,(H,35,36). The molecule has 0 bridgehead atoms. The number of hydrogen-bond acceptors (Lipinski definition) is 5. The lowest BCUT2D eigenvalue weighted by atomic mass is 9.81. The normalized spacial score (nSPS) is 16.6. The van der Waals surface area contributed by atoms with Crippen LogP contribution in [0.3, 0.4) is 0 Å². The fourth-order valence-corrected chi connectivity index (χ4v) is 5.15. The fraction of sp³-hybridized carbons (Fsp3) is 0.438. The monoisotopic (exact) mass is 514 g/mol. The number of hydrogen-bond donors (Lipinski definition) is 1. The van der Waals surface area contributed by atoms with Crippen LogP contribution in [0, 0.1) is 5.92 Å². The van der Waals surface area contributed by atoms with E-state index in [9.17, 15) is 14.7 Å². The molecule has 6 nitrogen and oxygen atoms in total. The number of unbranched alkanes of at least 4 members (excludes halogenated alkanes) is 7. The van der Waals surface area contributed by atoms with E-state index in [0.29, 0.717) is 24.2 Å². The van der Waals surface area contributed by atoms with E-state index in [0.717, 1.165) is 35.1 Å². The Bertz CT molecular complexity index is 1190. The lowest BCUT2D eigenvalue weighted by Crippen LogP contribution is -2.30. The van der Waals surface area contributed by atoms with Gasteiger partial charge in [-0.05, 0) is 54.5 Å². The van der Waals surface area contributed by atoms with E-state index < -0.39 is 24.0 Å². The van der Waals surface area contributed by atoms with Crippen LogP contribution in [-0.2, 0) is 22.4 Å². The van der Waals surface area contributed by atoms with E-state index in [-0.39, 0.29) is 0 Å². The molecule has 1 aliphatic rings. The highest BCUT2D eigenvalue weighted by Crippen LogP contribution is 2.38. The molecule has 2 atom stereocenters. The molecular formula is C32H38N2O4. The molecule has 200 valence electrons. The SMILES string of the molecule is CCCCCCCCCCc1cnc(-c2ccc(C(=O)OC3c4ccccc4CCC3C(=O)O)cc2)nc1. The molecule has 1 aromatic heterocycles. The Morgan fingerprint density at radius 1 is 0.895 bits per heavy atom. The van der Waals surface area contributed by atoms with Crippen LogP contribution in [0.2, 0.25) is 0 Å². The van der Waals surface area contributed by atoms with Crippen molar-refractivity contribution in [2.45, 2.75) is 83.7 Å². The number of carboxylic acids is 1. The highest BCUT2D eigenvalue weighted by molar-refractivity contribution is 5.90. The van der Waals surface area contributed by atoms with E-state index in [4.69, 9.17) is 4.74 Å². The van der Waals surface area contributed by atoms with Crippen molar-refractivity contribution in [3.63, 3.8) is 0 Å². The number of carbonyl (C=O) groups is 2. The number of fused-ring (bicyclic) bond motifs is 1. The molecule has 38 heavy (non-hydrogen) atoms. The molecule has 0 fully saturated rings. The van der Waals surface area contributed by atoms with Crippen LogP contribution in [0.15, 0.2) is 60.9 Å². The maximum Gasteiger partial charge on any atom is 0.338 e. The number of aryl methyl sites for hydroxylation is 2. The predicted molar refractivity (Wildman–Crippen MR) is 148 cm³/mol. The smallest absolute Gasteiger partial charge is 0.338 e. The summed E-state index contributed by atoms with van der Waals surface area (Å²) in [5.74, 6) is -1.63. The van der Waals surface area contributed by atoms with Gasteiger partial charge >= 0.3 is 11.9 Å². The molecule has 1 heterocycles. The highest BCUT2D eigenvalue weighted by atomic mass is 16.5. The fourth-order valence-electron chi connectivity index (χ4n) is 5.15. The summed E-state index contributed by atoms with van der Waals surface area (Å²) in [7, 11) is 0. The van der Waals surface area contributed by atoms with Gasteiger partial charge in [-0.2, -0.15) is 0 Å². The van der Waals surface area contributed by atoms with E-state index in [1.54, 1.807) is 24.3 Å². The lowest BCUT2D eigenvalue weighted by molar-refractivity contribution is -0.146. The number of rotatable bonds is 13. The second-order valence-corrected chi connectivity index (χ2v) is 10.2. The Balaban J connectivity index is 1.31. The zero-order chi connectivity index (χ0) is 26.7. The Labute approximate surface area is 225 Å². The first-order valence-corrected chi connectivity index (χ1v) is 14.0. The number of esters is 1. The summed E-state index contributed by atoms with van der Waals surface area (Å²) < 4.78 is 5.77. The maximum atomic E-state index is 12.9. The average Bonchev–Trinajstić information content (AvgIpc) is 2.95. The molecule has 0 saturated heterocycles. The minimum absolute atomic E-state index is 0.368. The van der Waals surface area contributed by atoms with Crippen LogP contribution in [-0.4, -0.2) is 27.0 Å². The van der Waals surface area contributed by atoms with Gasteiger partial charge in [0.2, 0.25) is 0 Å². The second kappa shape index (κ2) is 13.8. The molecule has 1 aliphatic carbocycles. The van der Waals surface area contributed by atoms with Crippen molar-refractivity contribution in [1.29, 1.82) is 0 Å². The molecular weight excluding hydrogens is 476 g/mol. The summed E-state index contributed by atoms with van der Waals surface area (Å²) in [4.78, 5) is 33.8. The number of carboxylic acid groups (broad SMARTS) is 1. The van der Waals surface area contributed by atoms with Crippen molar-refractivity contribution in [2.75, 3.05) is 0 Å². The van der Waals surface area contributed by atoms with Crippen LogP contribution in [0.4, 0.5) is 0 Å². The second-order valence-electron chi connectivity index (χ2n) is 10.2. The van der Waals surface area contributed by atoms with Gasteiger partial charge in [0.1, 0.15) is 6.10 Å². The molecule has 6 heteroatoms. The van der Waals surface area contributed by atoms with Gasteiger partial charge in [0.05, 0.1) is 11.5 Å². The summed E-state index contributed by atoms with van der Waals surface area (Å²) in [6.45, 7) is 2.25. The molecule has 0 spiro atoms. The Kier molecular flexibility index (Phi) is 10.0. The first-order chi connectivity index (χ1) is 18.6. The Morgan fingerprint density at radius 3 is 2.24 bits per heavy atom. The Hall–Kier alpha value is -3.54. The number of ether oxygens (including phenoxy) is 1. The molecule has 2 aromatic carbocycles. The summed E-state index contributed by atoms with van der Waals surface area (Å²) in [6, 6.07) is 14.5. The summed E-state index contributed by atoms with van der Waals surface area (Å²) in [5, 5.41) is 9.70. The molecule has 4 rings (SSSR count). The summed E-state index contributed by atoms with van der Waals surface area (Å²) in [5.41, 5.74) is 4.12. The van der Waals surface area contributed by atoms with Crippen molar-refractivity contribution in [2.24, 2.45) is 5.92 Å². The minimum atomic E-state index is -0.948. The number of nitrogens with zero attached hydrogens (tertiary/aromatic N) is 2. The molecule has 0 saturated carbocycles. The van der Waals surface area contributed by atoms with E-state index >= 15 is 0 Å². The van der Waals surface area contributed by atoms with Crippen LogP contribution in [0.5, 0.6) is 0 Å². The van der Waals surface area contributed by atoms with Crippen molar-refractivity contribution < 1.29 is 19.4 Å². The third-order valence-corrected chi connectivity index (χ3v) is 7.41. The predicted octanol–water partition coefficient (Wildman–Crippen LogP) is 7.37. The maximum absolute atomic E-state index is 12.9. The molecule has 1 N–H and O–H groups in total. The molecule has 2 unspecified atom stereocenters. The minimum Gasteiger partial charge on any atom is -0.481 e. The zero-order valence-corrected chi connectivity index (χ0v) is 22.3. The summed E-state index contributed by atoms with van der Waals surface area (Å²) >= 11 is 0. The van der Waals surface area contributed by atoms with Gasteiger partial charge in [-0.1, -0.05) is 88.3 Å². The number of aromatic nitrogens is 2. The third kappa shape index (κ3) is 7.27. The largest absolute Gasteiger partial charge is 0.481 e. The first kappa shape index (κ1) is 27.5. The number of aliphatic carboxylic acids is 1. The van der Waals surface area contributed by atoms with Crippen LogP contribution < -0.4 is 0 Å². The van der Waals surface area contributed by atoms with E-state index in [1.165, 1.54) is 44.9 Å². The van der Waals surface area contributed by atoms with Gasteiger partial charge in [-0.25, -0.2) is 14.8 Å². The highest BCUT2D eigenvalue weighted by Gasteiger charge is 2.37. The average molecular weight is 515 g/mol. The van der Waals surface area contributed by atoms with Gasteiger partial charge in [0.15, 0.2) is 5.82 Å². The third-order valence-electron chi connectivity index (χ3n) is 7.41. The van der Waals surface area contributed by atoms with Crippen molar-refractivity contribution in [1.82, 2.24) is 9.97 Å². The van der Waals surface area contributed by atoms with Crippen molar-refractivity contribution >= 4 is 11.9 Å². The van der Waals surface area contributed by atoms with Gasteiger partial charge < -0.3 is 9.84 Å². The van der Waals surface area contributed by atoms with Crippen molar-refractivity contribution in [3.8, 4) is 11.4 Å². The summed E-state index contributed by atoms with van der Waals surface area (Å²) in [6.07, 6.45) is 15.4. The molecule has 0 aliphatic heterocycles. The van der Waals surface area contributed by atoms with Gasteiger partial charge in [-0.3, -0.25) is 4.79 Å². The van der Waals surface area contributed by atoms with Crippen molar-refractivity contribution in [3.05, 3.63) is 83.2 Å². The quantitative estimate of drug-likeness (QED) is 0.189. The van der Waals surface area contributed by atoms with Gasteiger partial charge in [0.25, 0.3) is 0 Å². The van der Waals surface area contributed by atoms with Gasteiger partial charge in [0, 0.05) is 18.0 Å². The number of carbonyl (C=O) groups excluding carboxylic acids is 1.